The number of carbonyl (C=O) groups is 3. The number of amides is 4. The lowest BCUT2D eigenvalue weighted by Crippen LogP contribution is -2.49. The number of aryl methyl sites for hydroxylation is 1. The van der Waals surface area contributed by atoms with Gasteiger partial charge in [-0.25, -0.2) is 9.18 Å². The Morgan fingerprint density at radius 3 is 2.65 bits per heavy atom. The molecule has 0 unspecified atom stereocenters. The molecule has 6 nitrogen and oxygen atoms in total. The maximum absolute atomic E-state index is 13.2. The molecule has 7 heteroatoms. The molecule has 0 radical (unpaired) electrons. The fourth-order valence-electron chi connectivity index (χ4n) is 3.84. The highest BCUT2D eigenvalue weighted by molar-refractivity contribution is 6.10. The first-order valence-electron chi connectivity index (χ1n) is 9.05. The summed E-state index contributed by atoms with van der Waals surface area (Å²) in [5, 5.41) is 5.44. The van der Waals surface area contributed by atoms with Crippen LogP contribution in [0.5, 0.6) is 0 Å². The number of urea groups is 1. The molecule has 0 aromatic heterocycles. The quantitative estimate of drug-likeness (QED) is 0.810. The van der Waals surface area contributed by atoms with E-state index in [2.05, 4.69) is 17.6 Å². The Kier molecular flexibility index (Phi) is 4.98. The molecule has 1 saturated carbocycles. The van der Waals surface area contributed by atoms with Crippen LogP contribution in [0.15, 0.2) is 18.2 Å². The number of halogens is 1. The molecule has 0 bridgehead atoms. The summed E-state index contributed by atoms with van der Waals surface area (Å²) in [6.45, 7) is 3.46. The molecule has 26 heavy (non-hydrogen) atoms. The SMILES string of the molecule is CCC1CCC2(CC1)NC(=O)N(CC(=O)Nc1ccc(F)cc1C)C2=O. The zero-order chi connectivity index (χ0) is 18.9. The van der Waals surface area contributed by atoms with Crippen molar-refractivity contribution >= 4 is 23.5 Å². The van der Waals surface area contributed by atoms with Crippen molar-refractivity contribution in [2.45, 2.75) is 51.5 Å². The number of anilines is 1. The summed E-state index contributed by atoms with van der Waals surface area (Å²) in [6.07, 6.45) is 4.10. The molecule has 1 spiro atoms. The van der Waals surface area contributed by atoms with Gasteiger partial charge in [-0.05, 0) is 62.3 Å². The highest BCUT2D eigenvalue weighted by atomic mass is 19.1. The maximum Gasteiger partial charge on any atom is 0.325 e. The van der Waals surface area contributed by atoms with E-state index in [1.807, 2.05) is 0 Å². The van der Waals surface area contributed by atoms with Crippen LogP contribution < -0.4 is 10.6 Å². The van der Waals surface area contributed by atoms with E-state index < -0.39 is 17.5 Å². The van der Waals surface area contributed by atoms with Crippen LogP contribution in [0, 0.1) is 18.7 Å². The van der Waals surface area contributed by atoms with Gasteiger partial charge in [0.2, 0.25) is 5.91 Å². The summed E-state index contributed by atoms with van der Waals surface area (Å²) in [6, 6.07) is 3.50. The van der Waals surface area contributed by atoms with Crippen molar-refractivity contribution in [2.75, 3.05) is 11.9 Å². The molecule has 0 atom stereocenters. The third kappa shape index (κ3) is 3.43. The average Bonchev–Trinajstić information content (AvgIpc) is 2.82. The van der Waals surface area contributed by atoms with Gasteiger partial charge in [-0.15, -0.1) is 0 Å². The summed E-state index contributed by atoms with van der Waals surface area (Å²) >= 11 is 0. The molecule has 1 aromatic carbocycles. The molecule has 1 aromatic rings. The molecule has 2 N–H and O–H groups in total. The molecule has 1 aliphatic heterocycles. The molecule has 1 aliphatic carbocycles. The van der Waals surface area contributed by atoms with Crippen LogP contribution in [0.3, 0.4) is 0 Å². The minimum absolute atomic E-state index is 0.317. The van der Waals surface area contributed by atoms with E-state index in [0.717, 1.165) is 24.2 Å². The van der Waals surface area contributed by atoms with Crippen molar-refractivity contribution in [3.8, 4) is 0 Å². The van der Waals surface area contributed by atoms with Gasteiger partial charge in [-0.3, -0.25) is 14.5 Å². The van der Waals surface area contributed by atoms with Gasteiger partial charge in [0.05, 0.1) is 0 Å². The second-order valence-electron chi connectivity index (χ2n) is 7.26. The number of rotatable bonds is 4. The van der Waals surface area contributed by atoms with E-state index in [1.54, 1.807) is 6.92 Å². The number of nitrogens with zero attached hydrogens (tertiary/aromatic N) is 1. The van der Waals surface area contributed by atoms with Gasteiger partial charge in [0.1, 0.15) is 17.9 Å². The van der Waals surface area contributed by atoms with Crippen molar-refractivity contribution in [1.29, 1.82) is 0 Å². The lowest BCUT2D eigenvalue weighted by Gasteiger charge is -2.34. The van der Waals surface area contributed by atoms with Gasteiger partial charge in [0.25, 0.3) is 5.91 Å². The number of imide groups is 1. The van der Waals surface area contributed by atoms with Crippen molar-refractivity contribution in [3.63, 3.8) is 0 Å². The third-order valence-electron chi connectivity index (χ3n) is 5.55. The molecular formula is C19H24FN3O3. The molecule has 140 valence electrons. The summed E-state index contributed by atoms with van der Waals surface area (Å²) in [5.74, 6) is -0.603. The largest absolute Gasteiger partial charge is 0.325 e. The van der Waals surface area contributed by atoms with E-state index in [4.69, 9.17) is 0 Å². The normalized spacial score (nSPS) is 25.5. The zero-order valence-corrected chi connectivity index (χ0v) is 15.1. The lowest BCUT2D eigenvalue weighted by atomic mass is 9.75. The lowest BCUT2D eigenvalue weighted by molar-refractivity contribution is -0.135. The van der Waals surface area contributed by atoms with Crippen molar-refractivity contribution in [1.82, 2.24) is 10.2 Å². The van der Waals surface area contributed by atoms with E-state index in [9.17, 15) is 18.8 Å². The van der Waals surface area contributed by atoms with Crippen molar-refractivity contribution < 1.29 is 18.8 Å². The number of nitrogens with one attached hydrogen (secondary N) is 2. The van der Waals surface area contributed by atoms with Crippen LogP contribution in [-0.2, 0) is 9.59 Å². The minimum atomic E-state index is -0.852. The van der Waals surface area contributed by atoms with Gasteiger partial charge >= 0.3 is 6.03 Å². The second kappa shape index (κ2) is 7.05. The van der Waals surface area contributed by atoms with E-state index in [-0.39, 0.29) is 18.3 Å². The Hall–Kier alpha value is -2.44. The van der Waals surface area contributed by atoms with Gasteiger partial charge in [0, 0.05) is 5.69 Å². The average molecular weight is 361 g/mol. The number of hydrogen-bond donors (Lipinski definition) is 2. The Bertz CT molecular complexity index is 742. The zero-order valence-electron chi connectivity index (χ0n) is 15.1. The number of hydrogen-bond acceptors (Lipinski definition) is 3. The predicted octanol–water partition coefficient (Wildman–Crippen LogP) is 2.96. The minimum Gasteiger partial charge on any atom is -0.324 e. The second-order valence-corrected chi connectivity index (χ2v) is 7.26. The molecule has 3 rings (SSSR count). The predicted molar refractivity (Wildman–Crippen MR) is 95.0 cm³/mol. The van der Waals surface area contributed by atoms with Crippen LogP contribution in [0.1, 0.15) is 44.6 Å². The Morgan fingerprint density at radius 1 is 1.35 bits per heavy atom. The van der Waals surface area contributed by atoms with Gasteiger partial charge < -0.3 is 10.6 Å². The van der Waals surface area contributed by atoms with Crippen LogP contribution in [0.2, 0.25) is 0 Å². The molecule has 4 amide bonds. The van der Waals surface area contributed by atoms with Crippen molar-refractivity contribution in [2.24, 2.45) is 5.92 Å². The summed E-state index contributed by atoms with van der Waals surface area (Å²) in [7, 11) is 0. The fourth-order valence-corrected chi connectivity index (χ4v) is 3.84. The monoisotopic (exact) mass is 361 g/mol. The standard InChI is InChI=1S/C19H24FN3O3/c1-3-13-6-8-19(9-7-13)17(25)23(18(26)22-19)11-16(24)21-15-5-4-14(20)10-12(15)2/h4-5,10,13H,3,6-9,11H2,1-2H3,(H,21,24)(H,22,26). The topological polar surface area (TPSA) is 78.5 Å². The number of carbonyl (C=O) groups excluding carboxylic acids is 3. The van der Waals surface area contributed by atoms with Gasteiger partial charge in [-0.2, -0.15) is 0 Å². The molecular weight excluding hydrogens is 337 g/mol. The summed E-state index contributed by atoms with van der Waals surface area (Å²) in [5.41, 5.74) is 0.181. The molecule has 1 heterocycles. The Balaban J connectivity index is 1.65. The Labute approximate surface area is 152 Å². The fraction of sp³-hybridized carbons (Fsp3) is 0.526. The summed E-state index contributed by atoms with van der Waals surface area (Å²) < 4.78 is 13.2. The van der Waals surface area contributed by atoms with Crippen LogP contribution >= 0.6 is 0 Å². The van der Waals surface area contributed by atoms with E-state index in [0.29, 0.717) is 30.0 Å². The first-order chi connectivity index (χ1) is 12.3. The van der Waals surface area contributed by atoms with Crippen LogP contribution in [-0.4, -0.2) is 34.8 Å². The molecule has 2 fully saturated rings. The smallest absolute Gasteiger partial charge is 0.324 e. The third-order valence-corrected chi connectivity index (χ3v) is 5.55. The van der Waals surface area contributed by atoms with Gasteiger partial charge in [0.15, 0.2) is 0 Å². The van der Waals surface area contributed by atoms with Crippen molar-refractivity contribution in [3.05, 3.63) is 29.6 Å². The van der Waals surface area contributed by atoms with Gasteiger partial charge in [-0.1, -0.05) is 13.3 Å². The maximum atomic E-state index is 13.2. The highest BCUT2D eigenvalue weighted by Crippen LogP contribution is 2.37. The first kappa shape index (κ1) is 18.4. The Morgan fingerprint density at radius 2 is 2.04 bits per heavy atom. The van der Waals surface area contributed by atoms with Crippen LogP contribution in [0.4, 0.5) is 14.9 Å². The molecule has 2 aliphatic rings. The number of benzene rings is 1. The first-order valence-corrected chi connectivity index (χ1v) is 9.05. The van der Waals surface area contributed by atoms with E-state index >= 15 is 0 Å². The van der Waals surface area contributed by atoms with Crippen LogP contribution in [0.25, 0.3) is 0 Å². The van der Waals surface area contributed by atoms with E-state index in [1.165, 1.54) is 18.2 Å². The molecule has 1 saturated heterocycles. The highest BCUT2D eigenvalue weighted by Gasteiger charge is 2.52. The summed E-state index contributed by atoms with van der Waals surface area (Å²) in [4.78, 5) is 38.3.